The van der Waals surface area contributed by atoms with Gasteiger partial charge in [-0.05, 0) is 43.7 Å². The zero-order chi connectivity index (χ0) is 53.2. The number of amides is 3. The number of esters is 1. The van der Waals surface area contributed by atoms with Crippen molar-refractivity contribution in [3.63, 3.8) is 0 Å². The molecular formula is C56H97N4O12P. The van der Waals surface area contributed by atoms with Crippen molar-refractivity contribution in [1.82, 2.24) is 20.9 Å². The minimum atomic E-state index is -4.70. The first-order chi connectivity index (χ1) is 35.4. The number of carbonyl (C=O) groups excluding carboxylic acids is 4. The Balaban J connectivity index is 1.94. The zero-order valence-electron chi connectivity index (χ0n) is 45.2. The number of aromatic amines is 1. The van der Waals surface area contributed by atoms with Crippen molar-refractivity contribution < 1.29 is 57.1 Å². The third kappa shape index (κ3) is 34.4. The second kappa shape index (κ2) is 42.4. The van der Waals surface area contributed by atoms with E-state index in [1.54, 1.807) is 6.20 Å². The molecule has 418 valence electrons. The van der Waals surface area contributed by atoms with E-state index in [0.717, 1.165) is 88.0 Å². The lowest BCUT2D eigenvalue weighted by atomic mass is 10.1. The van der Waals surface area contributed by atoms with Gasteiger partial charge in [-0.3, -0.25) is 33.0 Å². The number of H-pyrrole nitrogens is 1. The number of unbranched alkanes of at least 4 members (excludes halogenated alkanes) is 22. The van der Waals surface area contributed by atoms with Gasteiger partial charge in [0, 0.05) is 49.3 Å². The number of phosphoric acid groups is 1. The van der Waals surface area contributed by atoms with Crippen LogP contribution in [0.2, 0.25) is 0 Å². The van der Waals surface area contributed by atoms with E-state index in [9.17, 15) is 38.5 Å². The highest BCUT2D eigenvalue weighted by Crippen LogP contribution is 2.43. The predicted molar refractivity (Wildman–Crippen MR) is 289 cm³/mol. The highest BCUT2D eigenvalue weighted by molar-refractivity contribution is 7.47. The van der Waals surface area contributed by atoms with Crippen molar-refractivity contribution in [2.75, 3.05) is 33.0 Å². The van der Waals surface area contributed by atoms with Gasteiger partial charge in [-0.15, -0.1) is 0 Å². The van der Waals surface area contributed by atoms with Gasteiger partial charge in [0.25, 0.3) is 0 Å². The summed E-state index contributed by atoms with van der Waals surface area (Å²) in [5.41, 5.74) is 1.56. The van der Waals surface area contributed by atoms with Gasteiger partial charge in [0.1, 0.15) is 12.1 Å². The standard InChI is InChI=1S/C56H97N4O12P/c1-4-7-10-13-15-17-18-20-21-24-27-34-52(61)59-47(44-69-40-38-48(31-26-23-12-9-6-3)72-55(65)35-28-25-22-19-16-14-11-8-5-2)45-71-73(67,68)70-41-39-57-56(66)51(36-37-54(63)64)60-53(62)42-46-43-58-50-33-30-29-32-49(46)50/h29-30,32-33,43,47-48,51,58H,4-28,31,34-42,44-45H2,1-3H3,(H,57,66)(H,59,61)(H,60,62)(H,63,64)(H,67,68)/t47-,48-,51+/m1/s1. The Bertz CT molecular complexity index is 1830. The molecule has 0 spiro atoms. The summed E-state index contributed by atoms with van der Waals surface area (Å²) in [4.78, 5) is 77.3. The van der Waals surface area contributed by atoms with Crippen LogP contribution in [0, 0.1) is 0 Å². The summed E-state index contributed by atoms with van der Waals surface area (Å²) < 4.78 is 35.6. The van der Waals surface area contributed by atoms with E-state index >= 15 is 0 Å². The van der Waals surface area contributed by atoms with E-state index in [0.29, 0.717) is 24.8 Å². The number of carbonyl (C=O) groups is 5. The lowest BCUT2D eigenvalue weighted by molar-refractivity contribution is -0.150. The van der Waals surface area contributed by atoms with Crippen LogP contribution >= 0.6 is 7.82 Å². The molecule has 1 unspecified atom stereocenters. The average Bonchev–Trinajstić information content (AvgIpc) is 3.77. The number of aromatic nitrogens is 1. The number of nitrogens with one attached hydrogen (secondary N) is 4. The monoisotopic (exact) mass is 1050 g/mol. The van der Waals surface area contributed by atoms with Gasteiger partial charge >= 0.3 is 19.8 Å². The maximum Gasteiger partial charge on any atom is 0.472 e. The van der Waals surface area contributed by atoms with Crippen LogP contribution in [0.15, 0.2) is 30.5 Å². The number of aliphatic carboxylic acids is 1. The molecule has 0 saturated heterocycles. The maximum absolute atomic E-state index is 13.2. The maximum atomic E-state index is 13.2. The topological polar surface area (TPSA) is 232 Å². The molecule has 6 N–H and O–H groups in total. The van der Waals surface area contributed by atoms with Gasteiger partial charge in [0.05, 0.1) is 38.9 Å². The summed E-state index contributed by atoms with van der Waals surface area (Å²) in [6.07, 6.45) is 31.2. The van der Waals surface area contributed by atoms with Crippen LogP contribution in [-0.2, 0) is 53.5 Å². The minimum Gasteiger partial charge on any atom is -0.481 e. The second-order valence-electron chi connectivity index (χ2n) is 19.8. The largest absolute Gasteiger partial charge is 0.481 e. The number of rotatable bonds is 49. The summed E-state index contributed by atoms with van der Waals surface area (Å²) in [7, 11) is -4.70. The SMILES string of the molecule is CCCCCCCCCCCCCC(=O)N[C@H](COCC[C@@H](CCCCCCC)OC(=O)CCCCCCCCCCC)COP(=O)(O)OCCNC(=O)[C@H](CCC(=O)O)NC(=O)Cc1c[nH]c2ccccc12. The third-order valence-electron chi connectivity index (χ3n) is 13.1. The lowest BCUT2D eigenvalue weighted by Crippen LogP contribution is -2.48. The van der Waals surface area contributed by atoms with Gasteiger partial charge in [-0.1, -0.05) is 180 Å². The summed E-state index contributed by atoms with van der Waals surface area (Å²) >= 11 is 0. The number of fused-ring (bicyclic) bond motifs is 1. The Morgan fingerprint density at radius 1 is 0.616 bits per heavy atom. The molecule has 2 rings (SSSR count). The summed E-state index contributed by atoms with van der Waals surface area (Å²) in [6, 6.07) is 5.47. The number of carboxylic acid groups (broad SMARTS) is 1. The fourth-order valence-corrected chi connectivity index (χ4v) is 9.56. The number of ether oxygens (including phenoxy) is 2. The van der Waals surface area contributed by atoms with E-state index in [-0.39, 0.29) is 63.4 Å². The molecule has 2 aromatic rings. The van der Waals surface area contributed by atoms with Crippen LogP contribution < -0.4 is 16.0 Å². The normalized spacial score (nSPS) is 13.5. The summed E-state index contributed by atoms with van der Waals surface area (Å²) in [6.45, 7) is 5.72. The first-order valence-corrected chi connectivity index (χ1v) is 29.9. The molecule has 17 heteroatoms. The molecule has 0 aliphatic rings. The van der Waals surface area contributed by atoms with E-state index in [1.807, 2.05) is 24.3 Å². The third-order valence-corrected chi connectivity index (χ3v) is 14.1. The number of benzene rings is 1. The fraction of sp³-hybridized carbons (Fsp3) is 0.768. The Hall–Kier alpha value is -3.82. The molecule has 3 amide bonds. The van der Waals surface area contributed by atoms with Gasteiger partial charge in [0.15, 0.2) is 0 Å². The van der Waals surface area contributed by atoms with Crippen LogP contribution in [0.1, 0.15) is 225 Å². The molecule has 0 aliphatic carbocycles. The molecule has 1 aromatic carbocycles. The molecule has 0 fully saturated rings. The van der Waals surface area contributed by atoms with E-state index in [2.05, 4.69) is 41.7 Å². The van der Waals surface area contributed by atoms with E-state index in [1.165, 1.54) is 83.5 Å². The number of phosphoric ester groups is 1. The number of carboxylic acids is 1. The highest BCUT2D eigenvalue weighted by atomic mass is 31.2. The quantitative estimate of drug-likeness (QED) is 0.0206. The summed E-state index contributed by atoms with van der Waals surface area (Å²) in [5.74, 6) is -2.73. The van der Waals surface area contributed by atoms with E-state index < -0.39 is 50.9 Å². The molecule has 4 atom stereocenters. The van der Waals surface area contributed by atoms with Gasteiger partial charge in [0.2, 0.25) is 17.7 Å². The number of hydrogen-bond donors (Lipinski definition) is 6. The highest BCUT2D eigenvalue weighted by Gasteiger charge is 2.26. The number of para-hydroxylation sites is 1. The van der Waals surface area contributed by atoms with Crippen LogP contribution in [0.3, 0.4) is 0 Å². The van der Waals surface area contributed by atoms with Crippen LogP contribution in [0.4, 0.5) is 0 Å². The molecule has 0 aliphatic heterocycles. The first kappa shape index (κ1) is 65.3. The molecule has 0 bridgehead atoms. The lowest BCUT2D eigenvalue weighted by Gasteiger charge is -2.22. The smallest absolute Gasteiger partial charge is 0.472 e. The molecule has 1 heterocycles. The van der Waals surface area contributed by atoms with Crippen molar-refractivity contribution in [3.05, 3.63) is 36.0 Å². The molecule has 0 radical (unpaired) electrons. The zero-order valence-corrected chi connectivity index (χ0v) is 46.1. The fourth-order valence-electron chi connectivity index (χ4n) is 8.80. The van der Waals surface area contributed by atoms with Crippen molar-refractivity contribution >= 4 is 48.4 Å². The van der Waals surface area contributed by atoms with Crippen LogP contribution in [0.5, 0.6) is 0 Å². The second-order valence-corrected chi connectivity index (χ2v) is 21.2. The number of hydrogen-bond acceptors (Lipinski definition) is 10. The molecule has 73 heavy (non-hydrogen) atoms. The van der Waals surface area contributed by atoms with Crippen molar-refractivity contribution in [1.29, 1.82) is 0 Å². The molecule has 1 aromatic heterocycles. The first-order valence-electron chi connectivity index (χ1n) is 28.4. The van der Waals surface area contributed by atoms with Gasteiger partial charge < -0.3 is 40.4 Å². The van der Waals surface area contributed by atoms with Crippen LogP contribution in [-0.4, -0.2) is 95.8 Å². The van der Waals surface area contributed by atoms with Gasteiger partial charge in [-0.25, -0.2) is 4.57 Å². The predicted octanol–water partition coefficient (Wildman–Crippen LogP) is 12.1. The van der Waals surface area contributed by atoms with Crippen LogP contribution in [0.25, 0.3) is 10.9 Å². The Labute approximate surface area is 438 Å². The van der Waals surface area contributed by atoms with Crippen molar-refractivity contribution in [3.8, 4) is 0 Å². The summed E-state index contributed by atoms with van der Waals surface area (Å²) in [5, 5.41) is 18.2. The van der Waals surface area contributed by atoms with Gasteiger partial charge in [-0.2, -0.15) is 0 Å². The van der Waals surface area contributed by atoms with E-state index in [4.69, 9.17) is 18.5 Å². The molecule has 16 nitrogen and oxygen atoms in total. The average molecular weight is 1050 g/mol. The Kier molecular flexibility index (Phi) is 37.9. The Morgan fingerprint density at radius 3 is 1.78 bits per heavy atom. The van der Waals surface area contributed by atoms with Crippen molar-refractivity contribution in [2.24, 2.45) is 0 Å². The Morgan fingerprint density at radius 2 is 1.18 bits per heavy atom. The van der Waals surface area contributed by atoms with Crippen molar-refractivity contribution in [2.45, 2.75) is 244 Å². The minimum absolute atomic E-state index is 0.0283. The molecule has 0 saturated carbocycles. The molecular weight excluding hydrogens is 952 g/mol.